The van der Waals surface area contributed by atoms with Crippen molar-refractivity contribution < 1.29 is 14.3 Å². The first kappa shape index (κ1) is 16.8. The number of para-hydroxylation sites is 2. The molecule has 0 saturated heterocycles. The van der Waals surface area contributed by atoms with Gasteiger partial charge in [0.25, 0.3) is 5.91 Å². The van der Waals surface area contributed by atoms with Crippen LogP contribution in [0.15, 0.2) is 47.5 Å². The summed E-state index contributed by atoms with van der Waals surface area (Å²) in [7, 11) is 0. The highest BCUT2D eigenvalue weighted by molar-refractivity contribution is 7.16. The fourth-order valence-electron chi connectivity index (χ4n) is 3.01. The Balaban J connectivity index is 1.69. The van der Waals surface area contributed by atoms with E-state index in [0.29, 0.717) is 16.3 Å². The van der Waals surface area contributed by atoms with Crippen LogP contribution in [-0.2, 0) is 11.3 Å². The Morgan fingerprint density at radius 2 is 2.08 bits per heavy atom. The molecule has 0 N–H and O–H groups in total. The lowest BCUT2D eigenvalue weighted by Gasteiger charge is -2.23. The number of benzene rings is 2. The van der Waals surface area contributed by atoms with Crippen molar-refractivity contribution in [2.24, 2.45) is 4.99 Å². The summed E-state index contributed by atoms with van der Waals surface area (Å²) in [5.41, 5.74) is 2.31. The number of carbonyl (C=O) groups is 1. The third-order valence-electron chi connectivity index (χ3n) is 4.28. The highest BCUT2D eigenvalue weighted by atomic mass is 32.1. The zero-order valence-corrected chi connectivity index (χ0v) is 15.6. The number of thiazole rings is 1. The van der Waals surface area contributed by atoms with Gasteiger partial charge in [0, 0.05) is 6.54 Å². The van der Waals surface area contributed by atoms with Crippen molar-refractivity contribution in [3.05, 3.63) is 52.8 Å². The first-order valence-electron chi connectivity index (χ1n) is 8.73. The summed E-state index contributed by atoms with van der Waals surface area (Å²) in [6, 6.07) is 13.7. The highest BCUT2D eigenvalue weighted by Gasteiger charge is 2.27. The van der Waals surface area contributed by atoms with Crippen molar-refractivity contribution in [3.8, 4) is 11.5 Å². The molecule has 0 fully saturated rings. The zero-order chi connectivity index (χ0) is 18.1. The van der Waals surface area contributed by atoms with Crippen molar-refractivity contribution in [3.63, 3.8) is 0 Å². The van der Waals surface area contributed by atoms with E-state index >= 15 is 0 Å². The zero-order valence-electron chi connectivity index (χ0n) is 14.8. The Kier molecular flexibility index (Phi) is 4.51. The maximum absolute atomic E-state index is 12.7. The lowest BCUT2D eigenvalue weighted by atomic mass is 10.2. The summed E-state index contributed by atoms with van der Waals surface area (Å²) < 4.78 is 14.7. The number of aromatic nitrogens is 1. The van der Waals surface area contributed by atoms with Crippen LogP contribution in [0.5, 0.6) is 11.5 Å². The van der Waals surface area contributed by atoms with Gasteiger partial charge in [-0.3, -0.25) is 4.79 Å². The number of carbonyl (C=O) groups excluding carboxylic acids is 1. The average Bonchev–Trinajstić information content (AvgIpc) is 2.98. The molecule has 0 radical (unpaired) electrons. The van der Waals surface area contributed by atoms with Crippen LogP contribution >= 0.6 is 11.3 Å². The van der Waals surface area contributed by atoms with Gasteiger partial charge in [-0.05, 0) is 43.2 Å². The Morgan fingerprint density at radius 3 is 2.88 bits per heavy atom. The van der Waals surface area contributed by atoms with Crippen molar-refractivity contribution in [2.75, 3.05) is 6.61 Å². The van der Waals surface area contributed by atoms with Gasteiger partial charge >= 0.3 is 0 Å². The largest absolute Gasteiger partial charge is 0.485 e. The van der Waals surface area contributed by atoms with E-state index in [1.807, 2.05) is 18.2 Å². The van der Waals surface area contributed by atoms with E-state index in [1.165, 1.54) is 16.9 Å². The average molecular weight is 368 g/mol. The van der Waals surface area contributed by atoms with Gasteiger partial charge in [0.2, 0.25) is 6.10 Å². The molecule has 0 spiro atoms. The van der Waals surface area contributed by atoms with E-state index in [1.54, 1.807) is 6.07 Å². The van der Waals surface area contributed by atoms with E-state index in [-0.39, 0.29) is 12.5 Å². The first-order chi connectivity index (χ1) is 12.7. The fourth-order valence-corrected chi connectivity index (χ4v) is 4.17. The van der Waals surface area contributed by atoms with E-state index < -0.39 is 6.10 Å². The molecule has 0 aliphatic carbocycles. The van der Waals surface area contributed by atoms with Crippen molar-refractivity contribution in [1.82, 2.24) is 4.57 Å². The number of rotatable bonds is 3. The van der Waals surface area contributed by atoms with Crippen LogP contribution in [0, 0.1) is 6.92 Å². The van der Waals surface area contributed by atoms with Gasteiger partial charge < -0.3 is 14.0 Å². The first-order valence-corrected chi connectivity index (χ1v) is 9.54. The van der Waals surface area contributed by atoms with Gasteiger partial charge in [0.15, 0.2) is 16.3 Å². The molecule has 1 aliphatic heterocycles. The Morgan fingerprint density at radius 1 is 1.27 bits per heavy atom. The Hall–Kier alpha value is -2.60. The molecule has 1 unspecified atom stereocenters. The van der Waals surface area contributed by atoms with E-state index in [2.05, 4.69) is 41.6 Å². The highest BCUT2D eigenvalue weighted by Crippen LogP contribution is 2.31. The van der Waals surface area contributed by atoms with E-state index in [4.69, 9.17) is 9.47 Å². The molecule has 134 valence electrons. The molecular weight excluding hydrogens is 348 g/mol. The van der Waals surface area contributed by atoms with Crippen LogP contribution < -0.4 is 14.3 Å². The predicted octanol–water partition coefficient (Wildman–Crippen LogP) is 3.69. The second-order valence-corrected chi connectivity index (χ2v) is 7.33. The molecule has 1 atom stereocenters. The fraction of sp³-hybridized carbons (Fsp3) is 0.300. The van der Waals surface area contributed by atoms with Crippen LogP contribution in [0.25, 0.3) is 10.2 Å². The van der Waals surface area contributed by atoms with Gasteiger partial charge in [-0.2, -0.15) is 4.99 Å². The number of ether oxygens (including phenoxy) is 2. The summed E-state index contributed by atoms with van der Waals surface area (Å²) in [5, 5.41) is 0. The van der Waals surface area contributed by atoms with Crippen LogP contribution in [-0.4, -0.2) is 23.2 Å². The normalized spacial score (nSPS) is 16.8. The van der Waals surface area contributed by atoms with Crippen LogP contribution in [0.2, 0.25) is 0 Å². The maximum atomic E-state index is 12.7. The molecule has 2 aromatic carbocycles. The number of fused-ring (bicyclic) bond motifs is 2. The number of aryl methyl sites for hydroxylation is 2. The Bertz CT molecular complexity index is 1030. The lowest BCUT2D eigenvalue weighted by molar-refractivity contribution is -0.127. The van der Waals surface area contributed by atoms with E-state index in [0.717, 1.165) is 23.2 Å². The third kappa shape index (κ3) is 3.12. The molecular formula is C20H20N2O3S. The molecule has 26 heavy (non-hydrogen) atoms. The topological polar surface area (TPSA) is 52.8 Å². The molecule has 3 aromatic rings. The molecule has 6 heteroatoms. The summed E-state index contributed by atoms with van der Waals surface area (Å²) in [6.07, 6.45) is 0.254. The van der Waals surface area contributed by atoms with Crippen LogP contribution in [0.3, 0.4) is 0 Å². The van der Waals surface area contributed by atoms with Gasteiger partial charge in [-0.15, -0.1) is 0 Å². The van der Waals surface area contributed by atoms with Crippen molar-refractivity contribution in [1.29, 1.82) is 0 Å². The third-order valence-corrected chi connectivity index (χ3v) is 5.32. The minimum absolute atomic E-state index is 0.178. The second kappa shape index (κ2) is 6.96. The molecule has 0 bridgehead atoms. The van der Waals surface area contributed by atoms with Crippen molar-refractivity contribution >= 4 is 27.5 Å². The number of hydrogen-bond acceptors (Lipinski definition) is 4. The van der Waals surface area contributed by atoms with E-state index in [9.17, 15) is 4.79 Å². The number of nitrogens with zero attached hydrogens (tertiary/aromatic N) is 2. The quantitative estimate of drug-likeness (QED) is 0.708. The number of hydrogen-bond donors (Lipinski definition) is 0. The van der Waals surface area contributed by atoms with Gasteiger partial charge in [-0.25, -0.2) is 0 Å². The molecule has 0 saturated carbocycles. The summed E-state index contributed by atoms with van der Waals surface area (Å²) in [4.78, 5) is 17.8. The van der Waals surface area contributed by atoms with Crippen LogP contribution in [0.4, 0.5) is 0 Å². The second-order valence-electron chi connectivity index (χ2n) is 6.32. The molecule has 1 aliphatic rings. The summed E-state index contributed by atoms with van der Waals surface area (Å²) in [5.74, 6) is 0.934. The van der Waals surface area contributed by atoms with Gasteiger partial charge in [0.05, 0.1) is 10.2 Å². The predicted molar refractivity (Wildman–Crippen MR) is 102 cm³/mol. The summed E-state index contributed by atoms with van der Waals surface area (Å²) >= 11 is 1.54. The smallest absolute Gasteiger partial charge is 0.292 e. The summed E-state index contributed by atoms with van der Waals surface area (Å²) in [6.45, 7) is 5.18. The SMILES string of the molecule is CCCn1c(=NC(=O)C2COc3ccccc3O2)sc2cc(C)ccc21. The monoisotopic (exact) mass is 368 g/mol. The van der Waals surface area contributed by atoms with Crippen LogP contribution in [0.1, 0.15) is 18.9 Å². The van der Waals surface area contributed by atoms with Gasteiger partial charge in [0.1, 0.15) is 6.61 Å². The lowest BCUT2D eigenvalue weighted by Crippen LogP contribution is -2.36. The Labute approximate surface area is 155 Å². The minimum atomic E-state index is -0.716. The molecule has 1 aromatic heterocycles. The minimum Gasteiger partial charge on any atom is -0.485 e. The van der Waals surface area contributed by atoms with Gasteiger partial charge in [-0.1, -0.05) is 36.5 Å². The molecule has 2 heterocycles. The molecule has 1 amide bonds. The maximum Gasteiger partial charge on any atom is 0.292 e. The number of amides is 1. The molecule has 4 rings (SSSR count). The standard InChI is InChI=1S/C20H20N2O3S/c1-3-10-22-14-9-8-13(2)11-18(14)26-20(22)21-19(23)17-12-24-15-6-4-5-7-16(15)25-17/h4-9,11,17H,3,10,12H2,1-2H3. The molecule has 5 nitrogen and oxygen atoms in total. The van der Waals surface area contributed by atoms with Crippen molar-refractivity contribution in [2.45, 2.75) is 32.9 Å².